The molecule has 0 N–H and O–H groups in total. The van der Waals surface area contributed by atoms with Gasteiger partial charge in [-0.25, -0.2) is 9.78 Å². The zero-order valence-corrected chi connectivity index (χ0v) is 13.7. The second-order valence-electron chi connectivity index (χ2n) is 5.73. The second kappa shape index (κ2) is 5.62. The van der Waals surface area contributed by atoms with Crippen LogP contribution < -0.4 is 5.56 Å². The molecule has 0 atom stereocenters. The van der Waals surface area contributed by atoms with Crippen molar-refractivity contribution in [2.24, 2.45) is 0 Å². The smallest absolute Gasteiger partial charge is 0.354 e. The van der Waals surface area contributed by atoms with Gasteiger partial charge in [-0.15, -0.1) is 0 Å². The van der Waals surface area contributed by atoms with E-state index >= 15 is 0 Å². The fourth-order valence-corrected chi connectivity index (χ4v) is 2.96. The van der Waals surface area contributed by atoms with Crippen molar-refractivity contribution in [3.05, 3.63) is 70.1 Å². The van der Waals surface area contributed by atoms with E-state index in [9.17, 15) is 9.59 Å². The summed E-state index contributed by atoms with van der Waals surface area (Å²) in [5.41, 5.74) is 2.63. The van der Waals surface area contributed by atoms with Crippen molar-refractivity contribution in [1.82, 2.24) is 14.0 Å². The Balaban J connectivity index is 1.87. The summed E-state index contributed by atoms with van der Waals surface area (Å²) in [6, 6.07) is 10.3. The van der Waals surface area contributed by atoms with E-state index in [1.807, 2.05) is 19.1 Å². The van der Waals surface area contributed by atoms with Gasteiger partial charge in [0.15, 0.2) is 5.58 Å². The number of pyridine rings is 1. The number of rotatable bonds is 3. The molecular formula is C18H15N3O4. The van der Waals surface area contributed by atoms with Crippen molar-refractivity contribution in [2.45, 2.75) is 13.5 Å². The van der Waals surface area contributed by atoms with Crippen LogP contribution in [-0.2, 0) is 11.3 Å². The third-order valence-electron chi connectivity index (χ3n) is 4.05. The van der Waals surface area contributed by atoms with E-state index in [1.54, 1.807) is 29.0 Å². The standard InChI is InChI=1S/C18H15N3O4/c1-11-7-13-15(25-11)9-14(18(23)24-2)21(13)10-12-8-17(22)20-6-4-3-5-16(20)19-12/h3-9H,10H2,1-2H3. The number of aromatic nitrogens is 3. The SMILES string of the molecule is COC(=O)c1cc2oc(C)cc2n1Cc1cc(=O)n2ccccc2n1. The van der Waals surface area contributed by atoms with Gasteiger partial charge in [-0.1, -0.05) is 6.07 Å². The van der Waals surface area contributed by atoms with Crippen LogP contribution in [0.3, 0.4) is 0 Å². The molecule has 0 saturated carbocycles. The lowest BCUT2D eigenvalue weighted by molar-refractivity contribution is 0.0589. The number of nitrogens with zero attached hydrogens (tertiary/aromatic N) is 3. The Hall–Kier alpha value is -3.35. The van der Waals surface area contributed by atoms with Crippen LogP contribution in [-0.4, -0.2) is 27.0 Å². The van der Waals surface area contributed by atoms with E-state index in [2.05, 4.69) is 4.98 Å². The van der Waals surface area contributed by atoms with Gasteiger partial charge in [-0.3, -0.25) is 9.20 Å². The first-order valence-electron chi connectivity index (χ1n) is 7.72. The first-order chi connectivity index (χ1) is 12.1. The summed E-state index contributed by atoms with van der Waals surface area (Å²) in [5.74, 6) is 0.267. The van der Waals surface area contributed by atoms with E-state index in [-0.39, 0.29) is 12.1 Å². The van der Waals surface area contributed by atoms with Crippen LogP contribution in [0.5, 0.6) is 0 Å². The summed E-state index contributed by atoms with van der Waals surface area (Å²) in [6.45, 7) is 2.09. The molecule has 4 rings (SSSR count). The van der Waals surface area contributed by atoms with Gasteiger partial charge in [0, 0.05) is 24.4 Å². The molecule has 0 aliphatic rings. The lowest BCUT2D eigenvalue weighted by Crippen LogP contribution is -2.18. The predicted molar refractivity (Wildman–Crippen MR) is 90.8 cm³/mol. The van der Waals surface area contributed by atoms with E-state index in [0.717, 1.165) is 11.3 Å². The predicted octanol–water partition coefficient (Wildman–Crippen LogP) is 2.39. The Morgan fingerprint density at radius 2 is 2.12 bits per heavy atom. The molecule has 0 aliphatic carbocycles. The van der Waals surface area contributed by atoms with Crippen molar-refractivity contribution in [3.8, 4) is 0 Å². The zero-order valence-electron chi connectivity index (χ0n) is 13.7. The molecule has 0 bridgehead atoms. The van der Waals surface area contributed by atoms with Crippen LogP contribution in [0.2, 0.25) is 0 Å². The molecule has 4 heterocycles. The molecule has 0 spiro atoms. The van der Waals surface area contributed by atoms with E-state index < -0.39 is 5.97 Å². The Bertz CT molecular complexity index is 1170. The topological polar surface area (TPSA) is 78.7 Å². The molecule has 4 aromatic rings. The summed E-state index contributed by atoms with van der Waals surface area (Å²) in [6.07, 6.45) is 1.67. The molecule has 7 nitrogen and oxygen atoms in total. The van der Waals surface area contributed by atoms with Gasteiger partial charge in [-0.2, -0.15) is 0 Å². The van der Waals surface area contributed by atoms with E-state index in [0.29, 0.717) is 22.6 Å². The number of fused-ring (bicyclic) bond motifs is 2. The lowest BCUT2D eigenvalue weighted by Gasteiger charge is -2.09. The number of esters is 1. The fourth-order valence-electron chi connectivity index (χ4n) is 2.96. The summed E-state index contributed by atoms with van der Waals surface area (Å²) in [7, 11) is 1.33. The van der Waals surface area contributed by atoms with Gasteiger partial charge in [-0.05, 0) is 19.1 Å². The van der Waals surface area contributed by atoms with Crippen LogP contribution in [0.1, 0.15) is 21.9 Å². The number of aryl methyl sites for hydroxylation is 1. The maximum absolute atomic E-state index is 12.3. The van der Waals surface area contributed by atoms with Crippen LogP contribution in [0, 0.1) is 6.92 Å². The van der Waals surface area contributed by atoms with E-state index in [1.165, 1.54) is 17.6 Å². The van der Waals surface area contributed by atoms with Crippen LogP contribution in [0.15, 0.2) is 51.8 Å². The van der Waals surface area contributed by atoms with Crippen LogP contribution in [0.25, 0.3) is 16.7 Å². The maximum Gasteiger partial charge on any atom is 0.354 e. The highest BCUT2D eigenvalue weighted by Gasteiger charge is 2.19. The number of methoxy groups -OCH3 is 1. The molecule has 7 heteroatoms. The molecule has 126 valence electrons. The molecule has 0 unspecified atom stereocenters. The van der Waals surface area contributed by atoms with E-state index in [4.69, 9.17) is 9.15 Å². The minimum absolute atomic E-state index is 0.174. The second-order valence-corrected chi connectivity index (χ2v) is 5.73. The van der Waals surface area contributed by atoms with Crippen molar-refractivity contribution in [2.75, 3.05) is 7.11 Å². The number of ether oxygens (including phenoxy) is 1. The molecule has 0 aromatic carbocycles. The number of carbonyl (C=O) groups is 1. The molecule has 0 fully saturated rings. The van der Waals surface area contributed by atoms with Crippen LogP contribution >= 0.6 is 0 Å². The first-order valence-corrected chi connectivity index (χ1v) is 7.72. The maximum atomic E-state index is 12.3. The molecule has 0 amide bonds. The Morgan fingerprint density at radius 1 is 1.28 bits per heavy atom. The number of carbonyl (C=O) groups excluding carboxylic acids is 1. The molecule has 4 aromatic heterocycles. The Kier molecular flexibility index (Phi) is 3.42. The monoisotopic (exact) mass is 337 g/mol. The highest BCUT2D eigenvalue weighted by Crippen LogP contribution is 2.25. The summed E-state index contributed by atoms with van der Waals surface area (Å²) >= 11 is 0. The minimum atomic E-state index is -0.471. The third-order valence-corrected chi connectivity index (χ3v) is 4.05. The highest BCUT2D eigenvalue weighted by atomic mass is 16.5. The quantitative estimate of drug-likeness (QED) is 0.536. The summed E-state index contributed by atoms with van der Waals surface area (Å²) in [5, 5.41) is 0. The summed E-state index contributed by atoms with van der Waals surface area (Å²) < 4.78 is 13.7. The van der Waals surface area contributed by atoms with Crippen molar-refractivity contribution in [3.63, 3.8) is 0 Å². The average molecular weight is 337 g/mol. The van der Waals surface area contributed by atoms with Gasteiger partial charge in [0.1, 0.15) is 17.1 Å². The van der Waals surface area contributed by atoms with Gasteiger partial charge in [0.05, 0.1) is 24.9 Å². The molecule has 0 aliphatic heterocycles. The van der Waals surface area contributed by atoms with Crippen molar-refractivity contribution >= 4 is 22.7 Å². The van der Waals surface area contributed by atoms with Crippen molar-refractivity contribution < 1.29 is 13.9 Å². The Labute approximate surface area is 142 Å². The van der Waals surface area contributed by atoms with Crippen LogP contribution in [0.4, 0.5) is 0 Å². The Morgan fingerprint density at radius 3 is 2.92 bits per heavy atom. The number of furan rings is 1. The fraction of sp³-hybridized carbons (Fsp3) is 0.167. The first kappa shape index (κ1) is 15.2. The zero-order chi connectivity index (χ0) is 17.6. The van der Waals surface area contributed by atoms with Gasteiger partial charge in [0.25, 0.3) is 5.56 Å². The number of hydrogen-bond acceptors (Lipinski definition) is 5. The largest absolute Gasteiger partial charge is 0.464 e. The average Bonchev–Trinajstić information content (AvgIpc) is 3.11. The lowest BCUT2D eigenvalue weighted by atomic mass is 10.3. The van der Waals surface area contributed by atoms with Crippen molar-refractivity contribution in [1.29, 1.82) is 0 Å². The third kappa shape index (κ3) is 2.50. The minimum Gasteiger partial charge on any atom is -0.464 e. The molecular weight excluding hydrogens is 322 g/mol. The summed E-state index contributed by atoms with van der Waals surface area (Å²) in [4.78, 5) is 28.9. The van der Waals surface area contributed by atoms with Gasteiger partial charge in [0.2, 0.25) is 0 Å². The number of hydrogen-bond donors (Lipinski definition) is 0. The normalized spacial score (nSPS) is 11.3. The molecule has 0 radical (unpaired) electrons. The van der Waals surface area contributed by atoms with Gasteiger partial charge < -0.3 is 13.7 Å². The molecule has 25 heavy (non-hydrogen) atoms. The van der Waals surface area contributed by atoms with Gasteiger partial charge >= 0.3 is 5.97 Å². The highest BCUT2D eigenvalue weighted by molar-refractivity contribution is 5.94. The molecule has 0 saturated heterocycles.